The van der Waals surface area contributed by atoms with Crippen LogP contribution in [0.2, 0.25) is 0 Å². The zero-order chi connectivity index (χ0) is 8.55. The lowest BCUT2D eigenvalue weighted by atomic mass is 10.0. The Hall–Kier alpha value is -1.24. The van der Waals surface area contributed by atoms with Crippen LogP contribution < -0.4 is 0 Å². The van der Waals surface area contributed by atoms with Gasteiger partial charge in [-0.05, 0) is 17.5 Å². The van der Waals surface area contributed by atoms with E-state index < -0.39 is 0 Å². The summed E-state index contributed by atoms with van der Waals surface area (Å²) < 4.78 is 0. The van der Waals surface area contributed by atoms with Crippen molar-refractivity contribution in [1.29, 1.82) is 0 Å². The molecule has 0 aliphatic rings. The Kier molecular flexibility index (Phi) is 2.76. The van der Waals surface area contributed by atoms with Crippen LogP contribution in [0.4, 0.5) is 0 Å². The second-order valence-electron chi connectivity index (χ2n) is 3.44. The van der Waals surface area contributed by atoms with Gasteiger partial charge in [-0.3, -0.25) is 0 Å². The minimum absolute atomic E-state index is 0. The molecule has 0 fully saturated rings. The molecule has 0 bridgehead atoms. The maximum absolute atomic E-state index is 3.27. The molecule has 0 spiro atoms. The average Bonchev–Trinajstić information content (AvgIpc) is 2.47. The van der Waals surface area contributed by atoms with E-state index in [1.54, 1.807) is 0 Å². The van der Waals surface area contributed by atoms with Crippen LogP contribution in [-0.4, -0.2) is 4.98 Å². The maximum Gasteiger partial charge on any atom is 0.0456 e. The van der Waals surface area contributed by atoms with Crippen molar-refractivity contribution in [3.05, 3.63) is 36.0 Å². The van der Waals surface area contributed by atoms with Crippen molar-refractivity contribution in [3.8, 4) is 0 Å². The van der Waals surface area contributed by atoms with E-state index in [-0.39, 0.29) is 7.43 Å². The number of benzene rings is 1. The van der Waals surface area contributed by atoms with Crippen LogP contribution in [-0.2, 0) is 0 Å². The first-order chi connectivity index (χ1) is 5.79. The third-order valence-electron chi connectivity index (χ3n) is 2.24. The molecule has 1 N–H and O–H groups in total. The van der Waals surface area contributed by atoms with Crippen LogP contribution in [0.3, 0.4) is 0 Å². The third kappa shape index (κ3) is 1.59. The Bertz CT molecular complexity index is 385. The second-order valence-corrected chi connectivity index (χ2v) is 3.44. The van der Waals surface area contributed by atoms with Crippen LogP contribution in [0.1, 0.15) is 32.8 Å². The highest BCUT2D eigenvalue weighted by Gasteiger charge is 2.04. The van der Waals surface area contributed by atoms with Crippen LogP contribution in [0.5, 0.6) is 0 Å². The fourth-order valence-corrected chi connectivity index (χ4v) is 1.57. The molecule has 2 rings (SSSR count). The number of aromatic amines is 1. The zero-order valence-corrected chi connectivity index (χ0v) is 7.46. The van der Waals surface area contributed by atoms with Gasteiger partial charge < -0.3 is 4.98 Å². The van der Waals surface area contributed by atoms with Crippen LogP contribution in [0.25, 0.3) is 10.9 Å². The van der Waals surface area contributed by atoms with E-state index in [1.165, 1.54) is 16.5 Å². The predicted octanol–water partition coefficient (Wildman–Crippen LogP) is 3.93. The molecule has 0 saturated heterocycles. The first kappa shape index (κ1) is 9.85. The van der Waals surface area contributed by atoms with Crippen LogP contribution in [0.15, 0.2) is 30.5 Å². The highest BCUT2D eigenvalue weighted by molar-refractivity contribution is 5.83. The smallest absolute Gasteiger partial charge is 0.0456 e. The van der Waals surface area contributed by atoms with Crippen LogP contribution >= 0.6 is 0 Å². The Morgan fingerprint density at radius 2 is 1.85 bits per heavy atom. The summed E-state index contributed by atoms with van der Waals surface area (Å²) in [7, 11) is 0. The van der Waals surface area contributed by atoms with Gasteiger partial charge in [0.15, 0.2) is 0 Å². The number of rotatable bonds is 1. The van der Waals surface area contributed by atoms with E-state index in [2.05, 4.69) is 49.3 Å². The number of hydrogen-bond acceptors (Lipinski definition) is 0. The molecule has 13 heavy (non-hydrogen) atoms. The van der Waals surface area contributed by atoms with Crippen molar-refractivity contribution in [2.75, 3.05) is 0 Å². The summed E-state index contributed by atoms with van der Waals surface area (Å²) in [4.78, 5) is 3.27. The topological polar surface area (TPSA) is 15.8 Å². The Morgan fingerprint density at radius 1 is 1.15 bits per heavy atom. The third-order valence-corrected chi connectivity index (χ3v) is 2.24. The fourth-order valence-electron chi connectivity index (χ4n) is 1.57. The van der Waals surface area contributed by atoms with Gasteiger partial charge >= 0.3 is 0 Å². The molecule has 0 atom stereocenters. The highest BCUT2D eigenvalue weighted by Crippen LogP contribution is 2.24. The number of fused-ring (bicyclic) bond motifs is 1. The van der Waals surface area contributed by atoms with E-state index in [0.717, 1.165) is 0 Å². The van der Waals surface area contributed by atoms with E-state index in [0.29, 0.717) is 5.92 Å². The lowest BCUT2D eigenvalue weighted by molar-refractivity contribution is 0.875. The quantitative estimate of drug-likeness (QED) is 0.676. The van der Waals surface area contributed by atoms with Crippen LogP contribution in [0, 0.1) is 0 Å². The number of para-hydroxylation sites is 1. The van der Waals surface area contributed by atoms with Gasteiger partial charge in [-0.1, -0.05) is 39.5 Å². The summed E-state index contributed by atoms with van der Waals surface area (Å²) in [6, 6.07) is 8.42. The number of aromatic nitrogens is 1. The van der Waals surface area contributed by atoms with Gasteiger partial charge in [0.05, 0.1) is 0 Å². The van der Waals surface area contributed by atoms with Gasteiger partial charge in [0.25, 0.3) is 0 Å². The Balaban J connectivity index is 0.000000845. The second kappa shape index (κ2) is 3.65. The lowest BCUT2D eigenvalue weighted by Crippen LogP contribution is -1.82. The molecule has 0 aliphatic carbocycles. The van der Waals surface area contributed by atoms with Crippen molar-refractivity contribution in [1.82, 2.24) is 4.98 Å². The van der Waals surface area contributed by atoms with Crippen molar-refractivity contribution < 1.29 is 0 Å². The molecular weight excluding hydrogens is 158 g/mol. The number of nitrogens with one attached hydrogen (secondary N) is 1. The summed E-state index contributed by atoms with van der Waals surface area (Å²) in [6.45, 7) is 4.44. The molecule has 1 aromatic heterocycles. The molecule has 0 radical (unpaired) electrons. The molecule has 0 saturated carbocycles. The summed E-state index contributed by atoms with van der Waals surface area (Å²) >= 11 is 0. The first-order valence-corrected chi connectivity index (χ1v) is 4.35. The molecule has 1 heterocycles. The van der Waals surface area contributed by atoms with Gasteiger partial charge in [-0.25, -0.2) is 0 Å². The molecule has 2 aromatic rings. The van der Waals surface area contributed by atoms with Gasteiger partial charge in [-0.2, -0.15) is 0 Å². The van der Waals surface area contributed by atoms with E-state index in [4.69, 9.17) is 0 Å². The van der Waals surface area contributed by atoms with E-state index >= 15 is 0 Å². The van der Waals surface area contributed by atoms with Gasteiger partial charge in [0.2, 0.25) is 0 Å². The number of hydrogen-bond donors (Lipinski definition) is 1. The fraction of sp³-hybridized carbons (Fsp3) is 0.333. The molecular formula is C12H17N. The predicted molar refractivity (Wildman–Crippen MR) is 59.1 cm³/mol. The van der Waals surface area contributed by atoms with Crippen molar-refractivity contribution in [3.63, 3.8) is 0 Å². The highest BCUT2D eigenvalue weighted by atomic mass is 14.7. The van der Waals surface area contributed by atoms with Crippen molar-refractivity contribution in [2.45, 2.75) is 27.2 Å². The summed E-state index contributed by atoms with van der Waals surface area (Å²) in [6.07, 6.45) is 2.11. The van der Waals surface area contributed by atoms with Gasteiger partial charge in [-0.15, -0.1) is 0 Å². The maximum atomic E-state index is 3.27. The summed E-state index contributed by atoms with van der Waals surface area (Å²) in [5, 5.41) is 1.35. The normalized spacial score (nSPS) is 10.4. The Labute approximate surface area is 79.8 Å². The molecule has 1 nitrogen and oxygen atoms in total. The molecule has 1 aromatic carbocycles. The summed E-state index contributed by atoms with van der Waals surface area (Å²) in [5.41, 5.74) is 2.65. The Morgan fingerprint density at radius 3 is 2.54 bits per heavy atom. The minimum Gasteiger partial charge on any atom is -0.361 e. The molecule has 0 amide bonds. The SMILES string of the molecule is C.CC(C)c1c[nH]c2ccccc12. The lowest BCUT2D eigenvalue weighted by Gasteiger charge is -2.00. The van der Waals surface area contributed by atoms with Gasteiger partial charge in [0.1, 0.15) is 0 Å². The monoisotopic (exact) mass is 175 g/mol. The zero-order valence-electron chi connectivity index (χ0n) is 7.46. The average molecular weight is 175 g/mol. The number of H-pyrrole nitrogens is 1. The molecule has 70 valence electrons. The minimum atomic E-state index is 0. The molecule has 1 heteroatoms. The largest absolute Gasteiger partial charge is 0.361 e. The van der Waals surface area contributed by atoms with Crippen molar-refractivity contribution >= 4 is 10.9 Å². The van der Waals surface area contributed by atoms with E-state index in [9.17, 15) is 0 Å². The first-order valence-electron chi connectivity index (χ1n) is 4.35. The standard InChI is InChI=1S/C11H13N.CH4/c1-8(2)10-7-12-11-6-4-3-5-9(10)11;/h3-8,12H,1-2H3;1H4. The van der Waals surface area contributed by atoms with E-state index in [1.807, 2.05) is 0 Å². The summed E-state index contributed by atoms with van der Waals surface area (Å²) in [5.74, 6) is 0.598. The van der Waals surface area contributed by atoms with Gasteiger partial charge in [0, 0.05) is 17.1 Å². The van der Waals surface area contributed by atoms with Crippen molar-refractivity contribution in [2.24, 2.45) is 0 Å². The molecule has 0 unspecified atom stereocenters. The molecule has 0 aliphatic heterocycles.